The van der Waals surface area contributed by atoms with E-state index in [1.54, 1.807) is 7.11 Å². The second kappa shape index (κ2) is 5.83. The van der Waals surface area contributed by atoms with Crippen LogP contribution >= 0.6 is 0 Å². The van der Waals surface area contributed by atoms with Crippen molar-refractivity contribution in [2.45, 2.75) is 27.2 Å². The van der Waals surface area contributed by atoms with Gasteiger partial charge in [-0.25, -0.2) is 0 Å². The van der Waals surface area contributed by atoms with Crippen LogP contribution in [0.3, 0.4) is 0 Å². The molecule has 0 aromatic carbocycles. The second-order valence-corrected chi connectivity index (χ2v) is 1.91. The molecule has 2 heteroatoms. The van der Waals surface area contributed by atoms with Crippen molar-refractivity contribution in [2.24, 2.45) is 0 Å². The van der Waals surface area contributed by atoms with Crippen LogP contribution in [0.2, 0.25) is 0 Å². The lowest BCUT2D eigenvalue weighted by atomic mass is 10.3. The molecule has 0 aliphatic heterocycles. The van der Waals surface area contributed by atoms with E-state index in [1.165, 1.54) is 5.69 Å². The summed E-state index contributed by atoms with van der Waals surface area (Å²) in [6.45, 7) is 6.10. The Morgan fingerprint density at radius 2 is 2.00 bits per heavy atom. The van der Waals surface area contributed by atoms with Crippen LogP contribution in [-0.4, -0.2) is 12.1 Å². The van der Waals surface area contributed by atoms with Crippen LogP contribution in [0.4, 0.5) is 0 Å². The predicted octanol–water partition coefficient (Wildman–Crippen LogP) is 2.61. The minimum absolute atomic E-state index is 0.840. The lowest BCUT2D eigenvalue weighted by molar-refractivity contribution is 0.399. The van der Waals surface area contributed by atoms with E-state index in [2.05, 4.69) is 11.9 Å². The molecular weight excluding hydrogens is 138 g/mol. The van der Waals surface area contributed by atoms with E-state index in [-0.39, 0.29) is 0 Å². The van der Waals surface area contributed by atoms with Gasteiger partial charge in [-0.3, -0.25) is 0 Å². The quantitative estimate of drug-likeness (QED) is 0.697. The zero-order valence-corrected chi connectivity index (χ0v) is 7.77. The third-order valence-corrected chi connectivity index (χ3v) is 1.32. The van der Waals surface area contributed by atoms with Crippen LogP contribution in [0.1, 0.15) is 26.5 Å². The van der Waals surface area contributed by atoms with Crippen LogP contribution in [0, 0.1) is 0 Å². The first-order chi connectivity index (χ1) is 5.36. The fraction of sp³-hybridized carbons (Fsp3) is 0.556. The van der Waals surface area contributed by atoms with E-state index < -0.39 is 0 Å². The minimum atomic E-state index is 0.840. The van der Waals surface area contributed by atoms with Gasteiger partial charge >= 0.3 is 0 Å². The summed E-state index contributed by atoms with van der Waals surface area (Å²) in [5, 5.41) is 0. The summed E-state index contributed by atoms with van der Waals surface area (Å²) in [6, 6.07) is 3.96. The van der Waals surface area contributed by atoms with Crippen molar-refractivity contribution >= 4 is 0 Å². The monoisotopic (exact) mass is 155 g/mol. The third kappa shape index (κ3) is 3.12. The highest BCUT2D eigenvalue weighted by atomic mass is 16.5. The van der Waals surface area contributed by atoms with Gasteiger partial charge in [-0.15, -0.1) is 0 Å². The van der Waals surface area contributed by atoms with Crippen molar-refractivity contribution in [1.82, 2.24) is 4.98 Å². The van der Waals surface area contributed by atoms with Crippen LogP contribution in [-0.2, 0) is 6.42 Å². The summed E-state index contributed by atoms with van der Waals surface area (Å²) < 4.78 is 4.94. The van der Waals surface area contributed by atoms with Gasteiger partial charge in [0.2, 0.25) is 0 Å². The molecule has 1 aromatic rings. The maximum atomic E-state index is 4.94. The van der Waals surface area contributed by atoms with E-state index in [9.17, 15) is 0 Å². The van der Waals surface area contributed by atoms with Gasteiger partial charge in [-0.1, -0.05) is 20.8 Å². The summed E-state index contributed by atoms with van der Waals surface area (Å²) in [5.74, 6) is 0.840. The Morgan fingerprint density at radius 3 is 2.27 bits per heavy atom. The number of aromatic amines is 1. The molecule has 0 unspecified atom stereocenters. The van der Waals surface area contributed by atoms with Crippen molar-refractivity contribution in [1.29, 1.82) is 0 Å². The highest BCUT2D eigenvalue weighted by molar-refractivity contribution is 5.17. The summed E-state index contributed by atoms with van der Waals surface area (Å²) in [6.07, 6.45) is 1.03. The highest BCUT2D eigenvalue weighted by Gasteiger charge is 1.92. The first-order valence-electron chi connectivity index (χ1n) is 4.08. The van der Waals surface area contributed by atoms with E-state index >= 15 is 0 Å². The molecule has 1 heterocycles. The molecule has 0 saturated heterocycles. The van der Waals surface area contributed by atoms with Gasteiger partial charge in [0.25, 0.3) is 0 Å². The second-order valence-electron chi connectivity index (χ2n) is 1.91. The Kier molecular flexibility index (Phi) is 5.35. The molecule has 0 radical (unpaired) electrons. The van der Waals surface area contributed by atoms with E-state index in [0.29, 0.717) is 0 Å². The van der Waals surface area contributed by atoms with Crippen LogP contribution < -0.4 is 4.74 Å². The summed E-state index contributed by atoms with van der Waals surface area (Å²) in [7, 11) is 1.66. The standard InChI is InChI=1S/C7H11NO.C2H6/c1-3-6-4-5-7(8-6)9-2;1-2/h4-5,8H,3H2,1-2H3;1-2H3. The lowest BCUT2D eigenvalue weighted by Crippen LogP contribution is -1.82. The Bertz CT molecular complexity index is 163. The molecule has 0 bridgehead atoms. The average molecular weight is 155 g/mol. The zero-order chi connectivity index (χ0) is 8.69. The number of aryl methyl sites for hydroxylation is 1. The number of ether oxygens (including phenoxy) is 1. The summed E-state index contributed by atoms with van der Waals surface area (Å²) in [5.41, 5.74) is 1.21. The lowest BCUT2D eigenvalue weighted by Gasteiger charge is -1.91. The van der Waals surface area contributed by atoms with Crippen molar-refractivity contribution in [3.8, 4) is 5.88 Å². The van der Waals surface area contributed by atoms with Gasteiger partial charge < -0.3 is 9.72 Å². The third-order valence-electron chi connectivity index (χ3n) is 1.32. The normalized spacial score (nSPS) is 8.36. The maximum absolute atomic E-state index is 4.94. The number of methoxy groups -OCH3 is 1. The summed E-state index contributed by atoms with van der Waals surface area (Å²) >= 11 is 0. The molecular formula is C9H17NO. The van der Waals surface area contributed by atoms with Crippen molar-refractivity contribution in [3.63, 3.8) is 0 Å². The fourth-order valence-corrected chi connectivity index (χ4v) is 0.743. The Labute approximate surface area is 68.6 Å². The molecule has 0 fully saturated rings. The van der Waals surface area contributed by atoms with Gasteiger partial charge in [0.1, 0.15) is 0 Å². The zero-order valence-electron chi connectivity index (χ0n) is 7.77. The highest BCUT2D eigenvalue weighted by Crippen LogP contribution is 2.08. The smallest absolute Gasteiger partial charge is 0.190 e. The first-order valence-corrected chi connectivity index (χ1v) is 4.08. The number of nitrogens with one attached hydrogen (secondary N) is 1. The van der Waals surface area contributed by atoms with Gasteiger partial charge in [-0.05, 0) is 18.6 Å². The predicted molar refractivity (Wildman–Crippen MR) is 48.1 cm³/mol. The van der Waals surface area contributed by atoms with Crippen molar-refractivity contribution < 1.29 is 4.74 Å². The van der Waals surface area contributed by atoms with E-state index in [0.717, 1.165) is 12.3 Å². The van der Waals surface area contributed by atoms with E-state index in [4.69, 9.17) is 4.74 Å². The number of H-pyrrole nitrogens is 1. The minimum Gasteiger partial charge on any atom is -0.482 e. The molecule has 2 nitrogen and oxygen atoms in total. The Balaban J connectivity index is 0.000000461. The van der Waals surface area contributed by atoms with Crippen molar-refractivity contribution in [2.75, 3.05) is 7.11 Å². The van der Waals surface area contributed by atoms with Crippen LogP contribution in [0.5, 0.6) is 5.88 Å². The molecule has 1 N–H and O–H groups in total. The molecule has 0 saturated carbocycles. The topological polar surface area (TPSA) is 25.0 Å². The number of rotatable bonds is 2. The Hall–Kier alpha value is -0.920. The molecule has 0 aliphatic carbocycles. The van der Waals surface area contributed by atoms with E-state index in [1.807, 2.05) is 26.0 Å². The molecule has 11 heavy (non-hydrogen) atoms. The molecule has 64 valence electrons. The molecule has 0 spiro atoms. The molecule has 0 atom stereocenters. The van der Waals surface area contributed by atoms with Crippen molar-refractivity contribution in [3.05, 3.63) is 17.8 Å². The first kappa shape index (κ1) is 10.1. The van der Waals surface area contributed by atoms with Gasteiger partial charge in [-0.2, -0.15) is 0 Å². The SMILES string of the molecule is CC.CCc1ccc(OC)[nH]1. The number of hydrogen-bond donors (Lipinski definition) is 1. The molecule has 0 aliphatic rings. The average Bonchev–Trinajstić information content (AvgIpc) is 2.55. The molecule has 1 rings (SSSR count). The van der Waals surface area contributed by atoms with Gasteiger partial charge in [0.05, 0.1) is 7.11 Å². The molecule has 0 amide bonds. The maximum Gasteiger partial charge on any atom is 0.190 e. The van der Waals surface area contributed by atoms with Gasteiger partial charge in [0.15, 0.2) is 5.88 Å². The van der Waals surface area contributed by atoms with Gasteiger partial charge in [0, 0.05) is 5.69 Å². The Morgan fingerprint density at radius 1 is 1.36 bits per heavy atom. The summed E-state index contributed by atoms with van der Waals surface area (Å²) in [4.78, 5) is 3.09. The fourth-order valence-electron chi connectivity index (χ4n) is 0.743. The largest absolute Gasteiger partial charge is 0.482 e. The number of aromatic nitrogens is 1. The van der Waals surface area contributed by atoms with Crippen LogP contribution in [0.25, 0.3) is 0 Å². The number of hydrogen-bond acceptors (Lipinski definition) is 1. The van der Waals surface area contributed by atoms with Crippen LogP contribution in [0.15, 0.2) is 12.1 Å². The molecule has 1 aromatic heterocycles.